The van der Waals surface area contributed by atoms with E-state index in [1.165, 1.54) is 16.3 Å². The number of anilines is 1. The Morgan fingerprint density at radius 2 is 1.59 bits per heavy atom. The molecule has 2 heterocycles. The van der Waals surface area contributed by atoms with Crippen molar-refractivity contribution in [1.82, 2.24) is 9.55 Å². The number of hydrogen-bond acceptors (Lipinski definition) is 7. The van der Waals surface area contributed by atoms with E-state index in [1.807, 2.05) is 32.0 Å². The molecule has 0 fully saturated rings. The molecule has 0 bridgehead atoms. The lowest BCUT2D eigenvalue weighted by atomic mass is 10.2. The van der Waals surface area contributed by atoms with Crippen LogP contribution in [0.3, 0.4) is 0 Å². The summed E-state index contributed by atoms with van der Waals surface area (Å²) in [7, 11) is 0. The number of para-hydroxylation sites is 1. The maximum absolute atomic E-state index is 13.6. The van der Waals surface area contributed by atoms with Crippen molar-refractivity contribution in [1.29, 1.82) is 0 Å². The van der Waals surface area contributed by atoms with Crippen molar-refractivity contribution >= 4 is 45.4 Å². The number of furan rings is 1. The Kier molecular flexibility index (Phi) is 7.14. The van der Waals surface area contributed by atoms with Gasteiger partial charge in [-0.15, -0.1) is 0 Å². The quantitative estimate of drug-likeness (QED) is 0.200. The SMILES string of the molecule is CCOc1ccc(NC(=O)CSc2nc3c(oc4ccccc43)c(=O)n2-c2ccc(OCC)cc2)cc1. The minimum atomic E-state index is -0.347. The van der Waals surface area contributed by atoms with Gasteiger partial charge in [0.05, 0.1) is 24.7 Å². The summed E-state index contributed by atoms with van der Waals surface area (Å²) < 4.78 is 18.3. The highest BCUT2D eigenvalue weighted by Crippen LogP contribution is 2.29. The summed E-state index contributed by atoms with van der Waals surface area (Å²) >= 11 is 1.18. The zero-order valence-corrected chi connectivity index (χ0v) is 21.2. The van der Waals surface area contributed by atoms with Gasteiger partial charge in [0.15, 0.2) is 5.16 Å². The highest BCUT2D eigenvalue weighted by molar-refractivity contribution is 7.99. The molecule has 8 nitrogen and oxygen atoms in total. The zero-order chi connectivity index (χ0) is 25.8. The van der Waals surface area contributed by atoms with Crippen molar-refractivity contribution in [3.8, 4) is 17.2 Å². The van der Waals surface area contributed by atoms with Crippen LogP contribution >= 0.6 is 11.8 Å². The molecule has 5 rings (SSSR count). The third-order valence-corrected chi connectivity index (χ3v) is 6.49. The number of thioether (sulfide) groups is 1. The van der Waals surface area contributed by atoms with Gasteiger partial charge >= 0.3 is 5.56 Å². The molecule has 2 aromatic heterocycles. The van der Waals surface area contributed by atoms with Gasteiger partial charge in [-0.3, -0.25) is 14.2 Å². The molecule has 0 saturated heterocycles. The summed E-state index contributed by atoms with van der Waals surface area (Å²) in [4.78, 5) is 31.2. The van der Waals surface area contributed by atoms with Crippen LogP contribution in [0.1, 0.15) is 13.8 Å². The van der Waals surface area contributed by atoms with Crippen LogP contribution in [0, 0.1) is 0 Å². The number of benzene rings is 3. The summed E-state index contributed by atoms with van der Waals surface area (Å²) in [6.07, 6.45) is 0. The van der Waals surface area contributed by atoms with Crippen LogP contribution < -0.4 is 20.3 Å². The van der Waals surface area contributed by atoms with Gasteiger partial charge in [0.25, 0.3) is 0 Å². The minimum Gasteiger partial charge on any atom is -0.494 e. The summed E-state index contributed by atoms with van der Waals surface area (Å²) in [5, 5.41) is 4.00. The summed E-state index contributed by atoms with van der Waals surface area (Å²) in [6, 6.07) is 21.7. The van der Waals surface area contributed by atoms with E-state index >= 15 is 0 Å². The predicted octanol–water partition coefficient (Wildman–Crippen LogP) is 5.66. The van der Waals surface area contributed by atoms with E-state index in [2.05, 4.69) is 5.32 Å². The van der Waals surface area contributed by atoms with Gasteiger partial charge in [0, 0.05) is 11.1 Å². The Balaban J connectivity index is 1.48. The number of aromatic nitrogens is 2. The van der Waals surface area contributed by atoms with E-state index < -0.39 is 0 Å². The second kappa shape index (κ2) is 10.8. The maximum atomic E-state index is 13.6. The van der Waals surface area contributed by atoms with Crippen LogP contribution in [0.4, 0.5) is 5.69 Å². The second-order valence-electron chi connectivity index (χ2n) is 8.03. The Morgan fingerprint density at radius 3 is 2.27 bits per heavy atom. The Bertz CT molecular complexity index is 1610. The molecular weight excluding hydrogens is 490 g/mol. The average molecular weight is 516 g/mol. The number of nitrogens with one attached hydrogen (secondary N) is 1. The van der Waals surface area contributed by atoms with Crippen molar-refractivity contribution in [3.63, 3.8) is 0 Å². The highest BCUT2D eigenvalue weighted by atomic mass is 32.2. The minimum absolute atomic E-state index is 0.0535. The molecule has 0 spiro atoms. The highest BCUT2D eigenvalue weighted by Gasteiger charge is 2.20. The summed E-state index contributed by atoms with van der Waals surface area (Å²) in [5.74, 6) is 1.26. The van der Waals surface area contributed by atoms with Crippen LogP contribution in [0.2, 0.25) is 0 Å². The topological polar surface area (TPSA) is 95.6 Å². The van der Waals surface area contributed by atoms with Crippen LogP contribution in [0.15, 0.2) is 87.2 Å². The van der Waals surface area contributed by atoms with Gasteiger partial charge in [0.1, 0.15) is 22.6 Å². The third kappa shape index (κ3) is 5.17. The van der Waals surface area contributed by atoms with Gasteiger partial charge in [-0.25, -0.2) is 4.98 Å². The lowest BCUT2D eigenvalue weighted by Crippen LogP contribution is -2.22. The summed E-state index contributed by atoms with van der Waals surface area (Å²) in [5.41, 5.74) is 2.12. The van der Waals surface area contributed by atoms with E-state index in [0.717, 1.165) is 11.1 Å². The number of amides is 1. The van der Waals surface area contributed by atoms with Crippen molar-refractivity contribution < 1.29 is 18.7 Å². The van der Waals surface area contributed by atoms with Gasteiger partial charge < -0.3 is 19.2 Å². The smallest absolute Gasteiger partial charge is 0.302 e. The first kappa shape index (κ1) is 24.5. The molecular formula is C28H25N3O5S. The van der Waals surface area contributed by atoms with E-state index in [1.54, 1.807) is 54.6 Å². The molecule has 3 aromatic carbocycles. The van der Waals surface area contributed by atoms with Gasteiger partial charge in [-0.2, -0.15) is 0 Å². The molecule has 37 heavy (non-hydrogen) atoms. The number of rotatable bonds is 9. The van der Waals surface area contributed by atoms with Crippen molar-refractivity contribution in [3.05, 3.63) is 83.2 Å². The number of carbonyl (C=O) groups is 1. The molecule has 1 N–H and O–H groups in total. The van der Waals surface area contributed by atoms with E-state index in [-0.39, 0.29) is 22.8 Å². The normalized spacial score (nSPS) is 11.1. The predicted molar refractivity (Wildman–Crippen MR) is 145 cm³/mol. The molecule has 5 aromatic rings. The van der Waals surface area contributed by atoms with Gasteiger partial charge in [0.2, 0.25) is 11.5 Å². The third-order valence-electron chi connectivity index (χ3n) is 5.55. The number of carbonyl (C=O) groups excluding carboxylic acids is 1. The number of fused-ring (bicyclic) bond motifs is 3. The monoisotopic (exact) mass is 515 g/mol. The molecule has 0 aliphatic carbocycles. The van der Waals surface area contributed by atoms with Crippen molar-refractivity contribution in [2.45, 2.75) is 19.0 Å². The van der Waals surface area contributed by atoms with E-state index in [0.29, 0.717) is 46.6 Å². The maximum Gasteiger partial charge on any atom is 0.302 e. The van der Waals surface area contributed by atoms with Crippen LogP contribution in [0.25, 0.3) is 27.8 Å². The fourth-order valence-electron chi connectivity index (χ4n) is 3.93. The van der Waals surface area contributed by atoms with E-state index in [9.17, 15) is 9.59 Å². The first-order valence-electron chi connectivity index (χ1n) is 11.9. The van der Waals surface area contributed by atoms with Gasteiger partial charge in [-0.05, 0) is 74.5 Å². The van der Waals surface area contributed by atoms with Crippen LogP contribution in [0.5, 0.6) is 11.5 Å². The van der Waals surface area contributed by atoms with Gasteiger partial charge in [-0.1, -0.05) is 23.9 Å². The Hall–Kier alpha value is -4.24. The average Bonchev–Trinajstić information content (AvgIpc) is 3.29. The lowest BCUT2D eigenvalue weighted by Gasteiger charge is -2.13. The van der Waals surface area contributed by atoms with Crippen LogP contribution in [-0.2, 0) is 4.79 Å². The largest absolute Gasteiger partial charge is 0.494 e. The molecule has 0 saturated carbocycles. The number of hydrogen-bond donors (Lipinski definition) is 1. The molecule has 0 radical (unpaired) electrons. The first-order chi connectivity index (χ1) is 18.1. The molecule has 0 unspecified atom stereocenters. The zero-order valence-electron chi connectivity index (χ0n) is 20.4. The lowest BCUT2D eigenvalue weighted by molar-refractivity contribution is -0.113. The second-order valence-corrected chi connectivity index (χ2v) is 8.97. The van der Waals surface area contributed by atoms with Crippen LogP contribution in [-0.4, -0.2) is 34.4 Å². The Labute approximate surface area is 217 Å². The van der Waals surface area contributed by atoms with Crippen molar-refractivity contribution in [2.24, 2.45) is 0 Å². The molecule has 0 aliphatic heterocycles. The summed E-state index contributed by atoms with van der Waals surface area (Å²) in [6.45, 7) is 4.93. The molecule has 9 heteroatoms. The number of nitrogens with zero attached hydrogens (tertiary/aromatic N) is 2. The number of ether oxygens (including phenoxy) is 2. The fourth-order valence-corrected chi connectivity index (χ4v) is 4.74. The van der Waals surface area contributed by atoms with Crippen molar-refractivity contribution in [2.75, 3.05) is 24.3 Å². The molecule has 188 valence electrons. The standard InChI is InChI=1S/C28H25N3O5S/c1-3-34-20-13-9-18(10-14-20)29-24(32)17-37-28-30-25-22-7-5-6-8-23(22)36-26(25)27(33)31(28)19-11-15-21(16-12-19)35-4-2/h5-16H,3-4,17H2,1-2H3,(H,29,32). The molecule has 1 amide bonds. The molecule has 0 aliphatic rings. The Morgan fingerprint density at radius 1 is 0.946 bits per heavy atom. The molecule has 0 atom stereocenters. The fraction of sp³-hybridized carbons (Fsp3) is 0.179. The van der Waals surface area contributed by atoms with E-state index in [4.69, 9.17) is 18.9 Å². The first-order valence-corrected chi connectivity index (χ1v) is 12.9.